The molecule has 0 spiro atoms. The van der Waals surface area contributed by atoms with Gasteiger partial charge < -0.3 is 15.7 Å². The number of rotatable bonds is 4. The number of aliphatic hydroxyl groups excluding tert-OH is 1. The highest BCUT2D eigenvalue weighted by Gasteiger charge is 2.31. The molecular formula is C19H27ClN2O2. The van der Waals surface area contributed by atoms with Gasteiger partial charge in [0.05, 0.1) is 6.10 Å². The van der Waals surface area contributed by atoms with Gasteiger partial charge >= 0.3 is 0 Å². The second-order valence-electron chi connectivity index (χ2n) is 7.27. The summed E-state index contributed by atoms with van der Waals surface area (Å²) >= 11 is 5.90. The van der Waals surface area contributed by atoms with Gasteiger partial charge in [-0.05, 0) is 55.2 Å². The van der Waals surface area contributed by atoms with E-state index < -0.39 is 6.10 Å². The average Bonchev–Trinajstić information content (AvgIpc) is 3.00. The Morgan fingerprint density at radius 2 is 1.88 bits per heavy atom. The molecule has 132 valence electrons. The first kappa shape index (κ1) is 17.7. The van der Waals surface area contributed by atoms with E-state index in [1.807, 2.05) is 29.2 Å². The largest absolute Gasteiger partial charge is 0.388 e. The molecule has 24 heavy (non-hydrogen) atoms. The molecule has 1 heterocycles. The summed E-state index contributed by atoms with van der Waals surface area (Å²) < 4.78 is 0. The monoisotopic (exact) mass is 350 g/mol. The van der Waals surface area contributed by atoms with Crippen LogP contribution in [0, 0.1) is 11.8 Å². The molecule has 0 radical (unpaired) electrons. The molecule has 1 aliphatic carbocycles. The first-order chi connectivity index (χ1) is 11.5. The number of nitrogens with two attached hydrogens (primary N) is 1. The van der Waals surface area contributed by atoms with Crippen LogP contribution in [0.15, 0.2) is 24.3 Å². The predicted octanol–water partition coefficient (Wildman–Crippen LogP) is 3.13. The number of aliphatic hydroxyl groups is 1. The van der Waals surface area contributed by atoms with Crippen molar-refractivity contribution in [2.24, 2.45) is 17.6 Å². The van der Waals surface area contributed by atoms with Gasteiger partial charge in [0.2, 0.25) is 5.91 Å². The summed E-state index contributed by atoms with van der Waals surface area (Å²) in [5.41, 5.74) is 6.98. The van der Waals surface area contributed by atoms with E-state index >= 15 is 0 Å². The Morgan fingerprint density at radius 1 is 1.21 bits per heavy atom. The topological polar surface area (TPSA) is 66.6 Å². The van der Waals surface area contributed by atoms with Gasteiger partial charge in [0, 0.05) is 30.6 Å². The van der Waals surface area contributed by atoms with Crippen LogP contribution in [0.5, 0.6) is 0 Å². The van der Waals surface area contributed by atoms with Gasteiger partial charge in [0.15, 0.2) is 0 Å². The molecule has 1 aromatic carbocycles. The molecule has 1 aromatic rings. The van der Waals surface area contributed by atoms with Gasteiger partial charge in [-0.15, -0.1) is 0 Å². The zero-order valence-corrected chi connectivity index (χ0v) is 14.8. The van der Waals surface area contributed by atoms with Crippen molar-refractivity contribution in [3.05, 3.63) is 34.9 Å². The Morgan fingerprint density at radius 3 is 2.46 bits per heavy atom. The fourth-order valence-corrected chi connectivity index (χ4v) is 4.20. The Labute approximate surface area is 149 Å². The molecule has 1 unspecified atom stereocenters. The summed E-state index contributed by atoms with van der Waals surface area (Å²) in [7, 11) is 0. The summed E-state index contributed by atoms with van der Waals surface area (Å²) in [6, 6.07) is 7.57. The molecule has 1 amide bonds. The van der Waals surface area contributed by atoms with Crippen molar-refractivity contribution in [2.45, 2.75) is 50.7 Å². The summed E-state index contributed by atoms with van der Waals surface area (Å²) in [5.74, 6) is 0.788. The first-order valence-corrected chi connectivity index (χ1v) is 9.39. The van der Waals surface area contributed by atoms with Crippen LogP contribution in [0.3, 0.4) is 0 Å². The molecule has 1 saturated heterocycles. The Balaban J connectivity index is 1.49. The third-order valence-electron chi connectivity index (χ3n) is 5.71. The van der Waals surface area contributed by atoms with Crippen molar-refractivity contribution in [2.75, 3.05) is 13.1 Å². The minimum atomic E-state index is -0.484. The van der Waals surface area contributed by atoms with Gasteiger partial charge in [0.1, 0.15) is 0 Å². The normalized spacial score (nSPS) is 26.5. The molecule has 3 atom stereocenters. The average molecular weight is 351 g/mol. The second kappa shape index (κ2) is 7.85. The number of benzene rings is 1. The van der Waals surface area contributed by atoms with E-state index in [1.165, 1.54) is 0 Å². The van der Waals surface area contributed by atoms with Gasteiger partial charge in [-0.3, -0.25) is 4.79 Å². The molecule has 5 heteroatoms. The minimum Gasteiger partial charge on any atom is -0.388 e. The van der Waals surface area contributed by atoms with E-state index in [1.54, 1.807) is 0 Å². The third kappa shape index (κ3) is 4.11. The van der Waals surface area contributed by atoms with E-state index in [0.717, 1.165) is 50.8 Å². The smallest absolute Gasteiger partial charge is 0.222 e. The Kier molecular flexibility index (Phi) is 5.80. The lowest BCUT2D eigenvalue weighted by Crippen LogP contribution is -2.41. The Hall–Kier alpha value is -1.10. The lowest BCUT2D eigenvalue weighted by Gasteiger charge is -2.35. The quantitative estimate of drug-likeness (QED) is 0.876. The van der Waals surface area contributed by atoms with Crippen LogP contribution in [0.25, 0.3) is 0 Å². The molecule has 2 aliphatic rings. The number of halogens is 1. The Bertz CT molecular complexity index is 555. The zero-order chi connectivity index (χ0) is 17.1. The van der Waals surface area contributed by atoms with Crippen LogP contribution in [0.2, 0.25) is 5.02 Å². The van der Waals surface area contributed by atoms with E-state index in [9.17, 15) is 9.90 Å². The first-order valence-electron chi connectivity index (χ1n) is 9.01. The molecule has 2 fully saturated rings. The van der Waals surface area contributed by atoms with Gasteiger partial charge in [-0.2, -0.15) is 0 Å². The van der Waals surface area contributed by atoms with Crippen molar-refractivity contribution in [3.63, 3.8) is 0 Å². The summed E-state index contributed by atoms with van der Waals surface area (Å²) in [5, 5.41) is 11.2. The van der Waals surface area contributed by atoms with Crippen molar-refractivity contribution < 1.29 is 9.90 Å². The summed E-state index contributed by atoms with van der Waals surface area (Å²) in [6.45, 7) is 1.46. The highest BCUT2D eigenvalue weighted by molar-refractivity contribution is 6.30. The standard InChI is InChI=1S/C19H27ClN2O2/c20-16-6-4-13(5-7-16)19(24)14-8-10-22(11-9-14)18(23)12-15-2-1-3-17(15)21/h4-7,14-15,17,19,24H,1-3,8-12,21H2/t15-,17+,19?/m0/s1. The molecule has 4 nitrogen and oxygen atoms in total. The van der Waals surface area contributed by atoms with E-state index in [-0.39, 0.29) is 17.9 Å². The fraction of sp³-hybridized carbons (Fsp3) is 0.632. The molecule has 0 bridgehead atoms. The summed E-state index contributed by atoms with van der Waals surface area (Å²) in [4.78, 5) is 14.4. The molecule has 0 aromatic heterocycles. The predicted molar refractivity (Wildman–Crippen MR) is 95.6 cm³/mol. The minimum absolute atomic E-state index is 0.193. The highest BCUT2D eigenvalue weighted by Crippen LogP contribution is 2.32. The van der Waals surface area contributed by atoms with Gasteiger partial charge in [0.25, 0.3) is 0 Å². The molecule has 1 saturated carbocycles. The number of likely N-dealkylation sites (tertiary alicyclic amines) is 1. The SMILES string of the molecule is N[C@@H]1CCC[C@H]1CC(=O)N1CCC(C(O)c2ccc(Cl)cc2)CC1. The van der Waals surface area contributed by atoms with Gasteiger partial charge in [-0.1, -0.05) is 30.2 Å². The second-order valence-corrected chi connectivity index (χ2v) is 7.71. The number of piperidine rings is 1. The van der Waals surface area contributed by atoms with E-state index in [0.29, 0.717) is 17.4 Å². The lowest BCUT2D eigenvalue weighted by molar-refractivity contribution is -0.134. The summed E-state index contributed by atoms with van der Waals surface area (Å²) in [6.07, 6.45) is 5.06. The van der Waals surface area contributed by atoms with E-state index in [4.69, 9.17) is 17.3 Å². The van der Waals surface area contributed by atoms with Crippen LogP contribution in [0.4, 0.5) is 0 Å². The van der Waals surface area contributed by atoms with Gasteiger partial charge in [-0.25, -0.2) is 0 Å². The maximum absolute atomic E-state index is 12.5. The molecular weight excluding hydrogens is 324 g/mol. The zero-order valence-electron chi connectivity index (χ0n) is 14.0. The number of carbonyl (C=O) groups is 1. The molecule has 3 rings (SSSR count). The fourth-order valence-electron chi connectivity index (χ4n) is 4.07. The maximum Gasteiger partial charge on any atom is 0.222 e. The maximum atomic E-state index is 12.5. The van der Waals surface area contributed by atoms with Crippen molar-refractivity contribution >= 4 is 17.5 Å². The van der Waals surface area contributed by atoms with Crippen molar-refractivity contribution in [1.82, 2.24) is 4.90 Å². The van der Waals surface area contributed by atoms with Crippen LogP contribution < -0.4 is 5.73 Å². The van der Waals surface area contributed by atoms with Crippen LogP contribution >= 0.6 is 11.6 Å². The lowest BCUT2D eigenvalue weighted by atomic mass is 9.87. The van der Waals surface area contributed by atoms with Crippen molar-refractivity contribution in [1.29, 1.82) is 0 Å². The van der Waals surface area contributed by atoms with E-state index in [2.05, 4.69) is 0 Å². The van der Waals surface area contributed by atoms with Crippen LogP contribution in [-0.4, -0.2) is 35.0 Å². The molecule has 3 N–H and O–H groups in total. The van der Waals surface area contributed by atoms with Crippen LogP contribution in [-0.2, 0) is 4.79 Å². The number of hydrogen-bond donors (Lipinski definition) is 2. The number of nitrogens with zero attached hydrogens (tertiary/aromatic N) is 1. The van der Waals surface area contributed by atoms with Crippen LogP contribution in [0.1, 0.15) is 50.2 Å². The third-order valence-corrected chi connectivity index (χ3v) is 5.96. The van der Waals surface area contributed by atoms with Crippen molar-refractivity contribution in [3.8, 4) is 0 Å². The molecule has 1 aliphatic heterocycles. The number of carbonyl (C=O) groups excluding carboxylic acids is 1. The highest BCUT2D eigenvalue weighted by atomic mass is 35.5. The number of amides is 1. The number of hydrogen-bond acceptors (Lipinski definition) is 3.